The summed E-state index contributed by atoms with van der Waals surface area (Å²) in [7, 11) is 0. The Labute approximate surface area is 106 Å². The van der Waals surface area contributed by atoms with Crippen molar-refractivity contribution >= 4 is 34.3 Å². The van der Waals surface area contributed by atoms with Crippen LogP contribution in [0.4, 0.5) is 5.82 Å². The van der Waals surface area contributed by atoms with Crippen molar-refractivity contribution in [3.63, 3.8) is 0 Å². The van der Waals surface area contributed by atoms with Gasteiger partial charge in [0.15, 0.2) is 0 Å². The summed E-state index contributed by atoms with van der Waals surface area (Å²) >= 11 is 2.16. The minimum absolute atomic E-state index is 0.184. The van der Waals surface area contributed by atoms with Crippen molar-refractivity contribution in [2.24, 2.45) is 0 Å². The molecule has 5 heteroatoms. The van der Waals surface area contributed by atoms with E-state index in [9.17, 15) is 4.79 Å². The van der Waals surface area contributed by atoms with E-state index in [-0.39, 0.29) is 5.91 Å². The predicted octanol–water partition coefficient (Wildman–Crippen LogP) is 2.33. The molecule has 0 aliphatic carbocycles. The molecular weight excluding hydrogens is 317 g/mol. The van der Waals surface area contributed by atoms with Crippen LogP contribution in [-0.4, -0.2) is 15.9 Å². The van der Waals surface area contributed by atoms with Crippen molar-refractivity contribution < 1.29 is 4.79 Å². The molecule has 0 bridgehead atoms. The molecule has 0 aliphatic heterocycles. The molecule has 0 aromatic carbocycles. The third-order valence-corrected chi connectivity index (χ3v) is 2.55. The minimum Gasteiger partial charge on any atom is -0.307 e. The summed E-state index contributed by atoms with van der Waals surface area (Å²) in [5, 5.41) is 2.70. The number of carbonyl (C=O) groups is 1. The van der Waals surface area contributed by atoms with Gasteiger partial charge in [0.25, 0.3) is 5.91 Å². The fourth-order valence-electron chi connectivity index (χ4n) is 1.14. The average Bonchev–Trinajstić information content (AvgIpc) is 2.33. The van der Waals surface area contributed by atoms with Crippen molar-refractivity contribution in [1.29, 1.82) is 0 Å². The average molecular weight is 325 g/mol. The van der Waals surface area contributed by atoms with E-state index in [1.54, 1.807) is 36.8 Å². The van der Waals surface area contributed by atoms with E-state index in [0.717, 1.165) is 3.57 Å². The van der Waals surface area contributed by atoms with Crippen molar-refractivity contribution in [2.75, 3.05) is 5.32 Å². The lowest BCUT2D eigenvalue weighted by Gasteiger charge is -2.03. The van der Waals surface area contributed by atoms with Gasteiger partial charge in [0.1, 0.15) is 5.82 Å². The Morgan fingerprint density at radius 3 is 2.56 bits per heavy atom. The van der Waals surface area contributed by atoms with Crippen LogP contribution < -0.4 is 5.32 Å². The van der Waals surface area contributed by atoms with E-state index in [4.69, 9.17) is 0 Å². The third kappa shape index (κ3) is 2.75. The highest BCUT2D eigenvalue weighted by Gasteiger charge is 2.05. The number of hydrogen-bond acceptors (Lipinski definition) is 3. The van der Waals surface area contributed by atoms with Crippen molar-refractivity contribution in [3.8, 4) is 0 Å². The number of aromatic nitrogens is 2. The maximum atomic E-state index is 11.7. The third-order valence-electron chi connectivity index (χ3n) is 1.91. The lowest BCUT2D eigenvalue weighted by atomic mass is 10.2. The molecule has 0 atom stereocenters. The maximum Gasteiger partial charge on any atom is 0.256 e. The first kappa shape index (κ1) is 11.0. The lowest BCUT2D eigenvalue weighted by molar-refractivity contribution is 0.102. The van der Waals surface area contributed by atoms with Crippen LogP contribution in [0.25, 0.3) is 0 Å². The van der Waals surface area contributed by atoms with Gasteiger partial charge in [-0.3, -0.25) is 9.78 Å². The standard InChI is InChI=1S/C11H8IN3O/c12-9-1-2-10(14-7-9)15-11(16)8-3-5-13-6-4-8/h1-7H,(H,14,15,16). The minimum atomic E-state index is -0.184. The Hall–Kier alpha value is -1.50. The number of carbonyl (C=O) groups excluding carboxylic acids is 1. The molecular formula is C11H8IN3O. The van der Waals surface area contributed by atoms with Gasteiger partial charge in [-0.05, 0) is 46.9 Å². The Morgan fingerprint density at radius 1 is 1.19 bits per heavy atom. The maximum absolute atomic E-state index is 11.7. The summed E-state index contributed by atoms with van der Waals surface area (Å²) in [6.07, 6.45) is 4.86. The molecule has 0 fully saturated rings. The van der Waals surface area contributed by atoms with Gasteiger partial charge in [-0.25, -0.2) is 4.98 Å². The molecule has 2 aromatic heterocycles. The Kier molecular flexibility index (Phi) is 3.45. The molecule has 2 heterocycles. The van der Waals surface area contributed by atoms with E-state index in [1.807, 2.05) is 6.07 Å². The monoisotopic (exact) mass is 325 g/mol. The first-order valence-corrected chi connectivity index (χ1v) is 5.66. The number of nitrogens with one attached hydrogen (secondary N) is 1. The van der Waals surface area contributed by atoms with Crippen molar-refractivity contribution in [1.82, 2.24) is 9.97 Å². The molecule has 2 aromatic rings. The number of amides is 1. The van der Waals surface area contributed by atoms with Gasteiger partial charge >= 0.3 is 0 Å². The van der Waals surface area contributed by atoms with Crippen LogP contribution in [0.3, 0.4) is 0 Å². The molecule has 4 nitrogen and oxygen atoms in total. The van der Waals surface area contributed by atoms with Gasteiger partial charge in [-0.1, -0.05) is 0 Å². The fourth-order valence-corrected chi connectivity index (χ4v) is 1.46. The highest BCUT2D eigenvalue weighted by atomic mass is 127. The molecule has 1 N–H and O–H groups in total. The zero-order valence-corrected chi connectivity index (χ0v) is 10.4. The Balaban J connectivity index is 2.11. The fraction of sp³-hybridized carbons (Fsp3) is 0. The van der Waals surface area contributed by atoms with Crippen molar-refractivity contribution in [3.05, 3.63) is 52.0 Å². The second kappa shape index (κ2) is 5.02. The smallest absolute Gasteiger partial charge is 0.256 e. The summed E-state index contributed by atoms with van der Waals surface area (Å²) in [6.45, 7) is 0. The SMILES string of the molecule is O=C(Nc1ccc(I)cn1)c1ccncc1. The molecule has 1 amide bonds. The Bertz CT molecular complexity index is 484. The number of nitrogens with zero attached hydrogens (tertiary/aromatic N) is 2. The topological polar surface area (TPSA) is 54.9 Å². The molecule has 16 heavy (non-hydrogen) atoms. The largest absolute Gasteiger partial charge is 0.307 e. The van der Waals surface area contributed by atoms with Gasteiger partial charge in [-0.2, -0.15) is 0 Å². The van der Waals surface area contributed by atoms with Gasteiger partial charge < -0.3 is 5.32 Å². The molecule has 0 unspecified atom stereocenters. The number of hydrogen-bond donors (Lipinski definition) is 1. The summed E-state index contributed by atoms with van der Waals surface area (Å²) in [5.41, 5.74) is 0.565. The van der Waals surface area contributed by atoms with Gasteiger partial charge in [0.05, 0.1) is 0 Å². The van der Waals surface area contributed by atoms with E-state index < -0.39 is 0 Å². The van der Waals surface area contributed by atoms with E-state index in [2.05, 4.69) is 37.9 Å². The van der Waals surface area contributed by atoms with Crippen LogP contribution in [0.5, 0.6) is 0 Å². The molecule has 0 radical (unpaired) electrons. The molecule has 0 saturated carbocycles. The number of rotatable bonds is 2. The van der Waals surface area contributed by atoms with Crippen LogP contribution in [0.15, 0.2) is 42.9 Å². The second-order valence-electron chi connectivity index (χ2n) is 3.05. The summed E-state index contributed by atoms with van der Waals surface area (Å²) < 4.78 is 1.03. The van der Waals surface area contributed by atoms with E-state index >= 15 is 0 Å². The molecule has 0 spiro atoms. The second-order valence-corrected chi connectivity index (χ2v) is 4.30. The summed E-state index contributed by atoms with van der Waals surface area (Å²) in [6, 6.07) is 6.96. The first-order chi connectivity index (χ1) is 7.75. The zero-order valence-electron chi connectivity index (χ0n) is 8.22. The molecule has 0 saturated heterocycles. The van der Waals surface area contributed by atoms with Crippen LogP contribution in [0.1, 0.15) is 10.4 Å². The van der Waals surface area contributed by atoms with Gasteiger partial charge in [0, 0.05) is 27.7 Å². The highest BCUT2D eigenvalue weighted by molar-refractivity contribution is 14.1. The molecule has 2 rings (SSSR count). The first-order valence-electron chi connectivity index (χ1n) is 4.58. The van der Waals surface area contributed by atoms with Gasteiger partial charge in [0.2, 0.25) is 0 Å². The number of pyridine rings is 2. The normalized spacial score (nSPS) is 9.81. The van der Waals surface area contributed by atoms with Crippen LogP contribution in [0.2, 0.25) is 0 Å². The highest BCUT2D eigenvalue weighted by Crippen LogP contribution is 2.08. The number of anilines is 1. The van der Waals surface area contributed by atoms with E-state index in [0.29, 0.717) is 11.4 Å². The van der Waals surface area contributed by atoms with Crippen molar-refractivity contribution in [2.45, 2.75) is 0 Å². The zero-order chi connectivity index (χ0) is 11.4. The molecule has 0 aliphatic rings. The summed E-state index contributed by atoms with van der Waals surface area (Å²) in [5.74, 6) is 0.360. The van der Waals surface area contributed by atoms with Gasteiger partial charge in [-0.15, -0.1) is 0 Å². The predicted molar refractivity (Wildman–Crippen MR) is 69.1 cm³/mol. The van der Waals surface area contributed by atoms with Crippen LogP contribution in [0, 0.1) is 3.57 Å². The summed E-state index contributed by atoms with van der Waals surface area (Å²) in [4.78, 5) is 19.7. The lowest BCUT2D eigenvalue weighted by Crippen LogP contribution is -2.12. The Morgan fingerprint density at radius 2 is 1.94 bits per heavy atom. The molecule has 80 valence electrons. The van der Waals surface area contributed by atoms with Crippen LogP contribution in [-0.2, 0) is 0 Å². The van der Waals surface area contributed by atoms with E-state index in [1.165, 1.54) is 0 Å². The quantitative estimate of drug-likeness (QED) is 0.863. The van der Waals surface area contributed by atoms with Crippen LogP contribution >= 0.6 is 22.6 Å². The number of halogens is 1.